The van der Waals surface area contributed by atoms with Crippen LogP contribution in [0.25, 0.3) is 0 Å². The number of methoxy groups -OCH3 is 1. The van der Waals surface area contributed by atoms with Crippen LogP contribution >= 0.6 is 24.0 Å². The summed E-state index contributed by atoms with van der Waals surface area (Å²) < 4.78 is 11.1. The van der Waals surface area contributed by atoms with Gasteiger partial charge in [0.15, 0.2) is 5.96 Å². The third-order valence-electron chi connectivity index (χ3n) is 4.78. The van der Waals surface area contributed by atoms with Crippen molar-refractivity contribution in [1.82, 2.24) is 10.6 Å². The molecule has 0 radical (unpaired) electrons. The van der Waals surface area contributed by atoms with Crippen LogP contribution in [0.5, 0.6) is 11.5 Å². The number of nitrogens with one attached hydrogen (secondary N) is 3. The number of halogens is 1. The van der Waals surface area contributed by atoms with Gasteiger partial charge in [-0.3, -0.25) is 9.79 Å². The standard InChI is InChI=1S/C22H28N4O3.HI/c1-15(29-18-8-6-7-17(12-18)28-3)13-24-22(23-2)25-14-16-11-21(27)26-20-10-5-4-9-19(16)20;/h4-10,12,15-16H,11,13-14H2,1-3H3,(H,26,27)(H2,23,24,25);1H. The van der Waals surface area contributed by atoms with Crippen LogP contribution in [0, 0.1) is 0 Å². The molecule has 0 aliphatic carbocycles. The molecule has 1 aliphatic rings. The van der Waals surface area contributed by atoms with Crippen molar-refractivity contribution in [3.05, 3.63) is 54.1 Å². The van der Waals surface area contributed by atoms with Crippen molar-refractivity contribution in [3.8, 4) is 11.5 Å². The fourth-order valence-electron chi connectivity index (χ4n) is 3.31. The van der Waals surface area contributed by atoms with E-state index in [4.69, 9.17) is 9.47 Å². The molecule has 2 unspecified atom stereocenters. The lowest BCUT2D eigenvalue weighted by atomic mass is 9.90. The van der Waals surface area contributed by atoms with Crippen molar-refractivity contribution in [2.24, 2.45) is 4.99 Å². The number of para-hydroxylation sites is 1. The van der Waals surface area contributed by atoms with Gasteiger partial charge in [0.1, 0.15) is 17.6 Å². The van der Waals surface area contributed by atoms with E-state index in [0.29, 0.717) is 25.5 Å². The van der Waals surface area contributed by atoms with Crippen LogP contribution in [0.1, 0.15) is 24.8 Å². The maximum atomic E-state index is 12.0. The number of aliphatic imine (C=N–C) groups is 1. The van der Waals surface area contributed by atoms with Crippen LogP contribution < -0.4 is 25.4 Å². The fraction of sp³-hybridized carbons (Fsp3) is 0.364. The molecule has 8 heteroatoms. The van der Waals surface area contributed by atoms with Crippen molar-refractivity contribution in [2.75, 3.05) is 32.6 Å². The monoisotopic (exact) mass is 524 g/mol. The SMILES string of the molecule is CN=C(NCC(C)Oc1cccc(OC)c1)NCC1CC(=O)Nc2ccccc21.I. The van der Waals surface area contributed by atoms with Crippen molar-refractivity contribution in [1.29, 1.82) is 0 Å². The van der Waals surface area contributed by atoms with Crippen LogP contribution in [0.4, 0.5) is 5.69 Å². The lowest BCUT2D eigenvalue weighted by Crippen LogP contribution is -2.43. The predicted molar refractivity (Wildman–Crippen MR) is 130 cm³/mol. The van der Waals surface area contributed by atoms with E-state index in [1.807, 2.05) is 49.4 Å². The topological polar surface area (TPSA) is 84.0 Å². The third kappa shape index (κ3) is 6.51. The lowest BCUT2D eigenvalue weighted by Gasteiger charge is -2.26. The Morgan fingerprint density at radius 1 is 1.20 bits per heavy atom. The number of amides is 1. The van der Waals surface area contributed by atoms with Crippen LogP contribution in [-0.4, -0.2) is 45.2 Å². The summed E-state index contributed by atoms with van der Waals surface area (Å²) in [6.45, 7) is 3.19. The first kappa shape index (κ1) is 23.8. The molecule has 3 rings (SSSR count). The minimum absolute atomic E-state index is 0. The minimum Gasteiger partial charge on any atom is -0.497 e. The Bertz CT molecular complexity index is 875. The van der Waals surface area contributed by atoms with Gasteiger partial charge in [-0.1, -0.05) is 24.3 Å². The number of benzene rings is 2. The highest BCUT2D eigenvalue weighted by Gasteiger charge is 2.24. The zero-order valence-corrected chi connectivity index (χ0v) is 19.8. The summed E-state index contributed by atoms with van der Waals surface area (Å²) in [6, 6.07) is 15.4. The van der Waals surface area contributed by atoms with Crippen LogP contribution in [-0.2, 0) is 4.79 Å². The van der Waals surface area contributed by atoms with Crippen molar-refractivity contribution >= 4 is 41.5 Å². The minimum atomic E-state index is -0.0677. The Hall–Kier alpha value is -2.49. The number of fused-ring (bicyclic) bond motifs is 1. The van der Waals surface area contributed by atoms with Gasteiger partial charge in [0.25, 0.3) is 0 Å². The molecule has 0 aromatic heterocycles. The number of carbonyl (C=O) groups excluding carboxylic acids is 1. The zero-order valence-electron chi connectivity index (χ0n) is 17.5. The molecule has 2 aromatic carbocycles. The van der Waals surface area contributed by atoms with E-state index in [0.717, 1.165) is 22.7 Å². The molecule has 1 aliphatic heterocycles. The highest BCUT2D eigenvalue weighted by Crippen LogP contribution is 2.31. The van der Waals surface area contributed by atoms with Gasteiger partial charge < -0.3 is 25.4 Å². The molecule has 30 heavy (non-hydrogen) atoms. The summed E-state index contributed by atoms with van der Waals surface area (Å²) in [7, 11) is 3.36. The van der Waals surface area contributed by atoms with Gasteiger partial charge in [0.2, 0.25) is 5.91 Å². The van der Waals surface area contributed by atoms with Gasteiger partial charge in [-0.15, -0.1) is 24.0 Å². The molecule has 3 N–H and O–H groups in total. The van der Waals surface area contributed by atoms with E-state index < -0.39 is 0 Å². The third-order valence-corrected chi connectivity index (χ3v) is 4.78. The van der Waals surface area contributed by atoms with Crippen LogP contribution in [0.2, 0.25) is 0 Å². The molecule has 1 amide bonds. The fourth-order valence-corrected chi connectivity index (χ4v) is 3.31. The first-order chi connectivity index (χ1) is 14.1. The van der Waals surface area contributed by atoms with E-state index in [-0.39, 0.29) is 41.9 Å². The lowest BCUT2D eigenvalue weighted by molar-refractivity contribution is -0.116. The molecule has 0 saturated heterocycles. The van der Waals surface area contributed by atoms with Crippen molar-refractivity contribution in [2.45, 2.75) is 25.4 Å². The second kappa shape index (κ2) is 11.6. The summed E-state index contributed by atoms with van der Waals surface area (Å²) in [6.07, 6.45) is 0.387. The second-order valence-corrected chi connectivity index (χ2v) is 6.98. The second-order valence-electron chi connectivity index (χ2n) is 6.98. The Labute approximate surface area is 194 Å². The van der Waals surface area contributed by atoms with Gasteiger partial charge in [-0.05, 0) is 30.7 Å². The Morgan fingerprint density at radius 3 is 2.73 bits per heavy atom. The molecule has 2 aromatic rings. The Morgan fingerprint density at radius 2 is 1.97 bits per heavy atom. The number of carbonyl (C=O) groups is 1. The molecular formula is C22H29IN4O3. The predicted octanol–water partition coefficient (Wildman–Crippen LogP) is 3.37. The molecule has 0 fully saturated rings. The molecule has 0 bridgehead atoms. The molecular weight excluding hydrogens is 495 g/mol. The van der Waals surface area contributed by atoms with Gasteiger partial charge in [-0.25, -0.2) is 0 Å². The average molecular weight is 524 g/mol. The molecule has 0 spiro atoms. The first-order valence-electron chi connectivity index (χ1n) is 9.73. The van der Waals surface area contributed by atoms with E-state index in [2.05, 4.69) is 27.0 Å². The summed E-state index contributed by atoms with van der Waals surface area (Å²) in [5.41, 5.74) is 2.03. The van der Waals surface area contributed by atoms with Crippen LogP contribution in [0.15, 0.2) is 53.5 Å². The van der Waals surface area contributed by atoms with E-state index >= 15 is 0 Å². The summed E-state index contributed by atoms with van der Waals surface area (Å²) in [5.74, 6) is 2.33. The quantitative estimate of drug-likeness (QED) is 0.294. The van der Waals surface area contributed by atoms with E-state index in [1.165, 1.54) is 0 Å². The molecule has 0 saturated carbocycles. The zero-order chi connectivity index (χ0) is 20.6. The van der Waals surface area contributed by atoms with Gasteiger partial charge in [0, 0.05) is 37.7 Å². The number of nitrogens with zero attached hydrogens (tertiary/aromatic N) is 1. The average Bonchev–Trinajstić information content (AvgIpc) is 2.73. The Balaban J connectivity index is 0.00000320. The molecule has 7 nitrogen and oxygen atoms in total. The van der Waals surface area contributed by atoms with Gasteiger partial charge >= 0.3 is 0 Å². The van der Waals surface area contributed by atoms with Crippen molar-refractivity contribution < 1.29 is 14.3 Å². The van der Waals surface area contributed by atoms with Gasteiger partial charge in [-0.2, -0.15) is 0 Å². The van der Waals surface area contributed by atoms with E-state index in [9.17, 15) is 4.79 Å². The largest absolute Gasteiger partial charge is 0.497 e. The molecule has 1 heterocycles. The normalized spacial score (nSPS) is 16.4. The van der Waals surface area contributed by atoms with Crippen LogP contribution in [0.3, 0.4) is 0 Å². The highest BCUT2D eigenvalue weighted by atomic mass is 127. The highest BCUT2D eigenvalue weighted by molar-refractivity contribution is 14.0. The molecule has 162 valence electrons. The van der Waals surface area contributed by atoms with Crippen molar-refractivity contribution in [3.63, 3.8) is 0 Å². The number of guanidine groups is 1. The number of ether oxygens (including phenoxy) is 2. The number of hydrogen-bond acceptors (Lipinski definition) is 4. The van der Waals surface area contributed by atoms with Gasteiger partial charge in [0.05, 0.1) is 13.7 Å². The first-order valence-corrected chi connectivity index (χ1v) is 9.73. The summed E-state index contributed by atoms with van der Waals surface area (Å²) in [4.78, 5) is 16.2. The summed E-state index contributed by atoms with van der Waals surface area (Å²) >= 11 is 0. The smallest absolute Gasteiger partial charge is 0.225 e. The number of hydrogen-bond donors (Lipinski definition) is 3. The van der Waals surface area contributed by atoms with E-state index in [1.54, 1.807) is 14.2 Å². The maximum Gasteiger partial charge on any atom is 0.225 e. The Kier molecular flexibility index (Phi) is 9.22. The number of anilines is 1. The maximum absolute atomic E-state index is 12.0. The number of rotatable bonds is 7. The summed E-state index contributed by atoms with van der Waals surface area (Å²) in [5, 5.41) is 9.52. The molecule has 2 atom stereocenters.